The predicted molar refractivity (Wildman–Crippen MR) is 176 cm³/mol. The second-order valence-electron chi connectivity index (χ2n) is 10.9. The van der Waals surface area contributed by atoms with Crippen LogP contribution in [0.15, 0.2) is 42.9 Å². The fourth-order valence-corrected chi connectivity index (χ4v) is 2.83. The van der Waals surface area contributed by atoms with E-state index in [1.807, 2.05) is 52.2 Å². The third-order valence-corrected chi connectivity index (χ3v) is 5.70. The summed E-state index contributed by atoms with van der Waals surface area (Å²) in [6, 6.07) is 8.19. The van der Waals surface area contributed by atoms with E-state index in [0.717, 1.165) is 39.9 Å². The summed E-state index contributed by atoms with van der Waals surface area (Å²) in [7, 11) is 0. The van der Waals surface area contributed by atoms with Gasteiger partial charge in [0.15, 0.2) is 0 Å². The minimum absolute atomic E-state index is 0. The Hall–Kier alpha value is 0.806. The molecule has 0 aromatic carbocycles. The molecule has 0 N–H and O–H groups in total. The molecule has 0 spiro atoms. The van der Waals surface area contributed by atoms with Crippen LogP contribution in [-0.2, 0) is 131 Å². The van der Waals surface area contributed by atoms with Crippen molar-refractivity contribution in [1.82, 2.24) is 35.1 Å². The minimum atomic E-state index is 0. The number of rotatable bonds is 4. The summed E-state index contributed by atoms with van der Waals surface area (Å²) < 4.78 is 0. The van der Waals surface area contributed by atoms with Gasteiger partial charge >= 0.3 is 0 Å². The van der Waals surface area contributed by atoms with Crippen molar-refractivity contribution in [2.45, 2.75) is 107 Å². The van der Waals surface area contributed by atoms with Gasteiger partial charge in [0.25, 0.3) is 0 Å². The molecule has 4 aromatic heterocycles. The van der Waals surface area contributed by atoms with Crippen LogP contribution in [-0.4, -0.2) is 35.1 Å². The number of aromatic nitrogens is 7. The monoisotopic (exact) mass is 927 g/mol. The van der Waals surface area contributed by atoms with Gasteiger partial charge in [-0.25, -0.2) is 0 Å². The van der Waals surface area contributed by atoms with E-state index in [1.54, 1.807) is 6.20 Å². The molecule has 4 heterocycles. The Bertz CT molecular complexity index is 1020. The topological polar surface area (TPSA) is 90.2 Å². The van der Waals surface area contributed by atoms with Crippen LogP contribution < -0.4 is 0 Å². The third-order valence-electron chi connectivity index (χ3n) is 5.70. The molecule has 4 radical (unpaired) electrons. The summed E-state index contributed by atoms with van der Waals surface area (Å²) in [6.45, 7) is 24.6. The second-order valence-corrected chi connectivity index (χ2v) is 10.9. The summed E-state index contributed by atoms with van der Waals surface area (Å²) in [5.41, 5.74) is 7.37. The van der Waals surface area contributed by atoms with Gasteiger partial charge in [-0.2, -0.15) is 10.2 Å². The van der Waals surface area contributed by atoms with Crippen molar-refractivity contribution in [2.24, 2.45) is 0 Å². The first-order chi connectivity index (χ1) is 18.8. The molecule has 11 heteroatoms. The van der Waals surface area contributed by atoms with Crippen LogP contribution in [0.3, 0.4) is 0 Å². The van der Waals surface area contributed by atoms with Crippen molar-refractivity contribution < 1.29 is 131 Å². The number of hydrogen-bond acceptors (Lipinski definition) is 7. The van der Waals surface area contributed by atoms with Crippen molar-refractivity contribution in [3.8, 4) is 0 Å². The normalized spacial score (nSPS) is 9.04. The molecule has 0 saturated heterocycles. The Kier molecular flexibility index (Phi) is 42.3. The summed E-state index contributed by atoms with van der Waals surface area (Å²) >= 11 is 0. The molecule has 0 amide bonds. The second kappa shape index (κ2) is 33.0. The maximum atomic E-state index is 4.20. The van der Waals surface area contributed by atoms with E-state index in [1.165, 1.54) is 5.56 Å². The molecule has 0 fully saturated rings. The number of pyridine rings is 1. The van der Waals surface area contributed by atoms with Crippen LogP contribution in [0.25, 0.3) is 0 Å². The van der Waals surface area contributed by atoms with E-state index in [9.17, 15) is 0 Å². The van der Waals surface area contributed by atoms with Gasteiger partial charge in [-0.15, -0.1) is 11.8 Å². The molecule has 4 aromatic rings. The average Bonchev–Trinajstić information content (AvgIpc) is 2.91. The molecule has 0 aliphatic rings. The largest absolute Gasteiger partial charge is 0.452 e. The zero-order valence-corrected chi connectivity index (χ0v) is 42.1. The summed E-state index contributed by atoms with van der Waals surface area (Å²) in [5, 5.41) is 7.98. The van der Waals surface area contributed by atoms with Gasteiger partial charge in [0, 0.05) is 149 Å². The molecular formula is C35H53N7Y4-4. The number of nitrogens with zero attached hydrogens (tertiary/aromatic N) is 7. The zero-order chi connectivity index (χ0) is 30.2. The van der Waals surface area contributed by atoms with Crippen molar-refractivity contribution in [1.29, 1.82) is 0 Å². The average molecular weight is 927 g/mol. The van der Waals surface area contributed by atoms with Crippen LogP contribution in [0.4, 0.5) is 0 Å². The molecule has 0 bridgehead atoms. The molecule has 0 saturated carbocycles. The first-order valence-corrected chi connectivity index (χ1v) is 13.9. The molecule has 7 nitrogen and oxygen atoms in total. The molecule has 0 unspecified atom stereocenters. The van der Waals surface area contributed by atoms with Crippen LogP contribution in [0, 0.1) is 54.9 Å². The minimum Gasteiger partial charge on any atom is -0.452 e. The Labute approximate surface area is 382 Å². The van der Waals surface area contributed by atoms with Crippen LogP contribution >= 0.6 is 0 Å². The molecule has 244 valence electrons. The van der Waals surface area contributed by atoms with E-state index in [0.29, 0.717) is 23.7 Å². The third kappa shape index (κ3) is 26.6. The van der Waals surface area contributed by atoms with Gasteiger partial charge in [0.05, 0.1) is 11.4 Å². The van der Waals surface area contributed by atoms with E-state index >= 15 is 0 Å². The maximum Gasteiger partial charge on any atom is 0.0656 e. The molecule has 4 rings (SSSR count). The Balaban J connectivity index is -0.000000111. The fraction of sp³-hybridized carbons (Fsp3) is 0.457. The molecule has 0 aliphatic heterocycles. The van der Waals surface area contributed by atoms with Crippen LogP contribution in [0.2, 0.25) is 0 Å². The first-order valence-electron chi connectivity index (χ1n) is 13.9. The van der Waals surface area contributed by atoms with Gasteiger partial charge in [-0.05, 0) is 74.2 Å². The maximum absolute atomic E-state index is 4.20. The van der Waals surface area contributed by atoms with Gasteiger partial charge in [-0.3, -0.25) is 9.97 Å². The summed E-state index contributed by atoms with van der Waals surface area (Å²) in [5.74, 6) is 2.77. The Morgan fingerprint density at radius 1 is 0.500 bits per heavy atom. The van der Waals surface area contributed by atoms with E-state index in [2.05, 4.69) is 115 Å². The van der Waals surface area contributed by atoms with Crippen molar-refractivity contribution in [3.05, 3.63) is 116 Å². The van der Waals surface area contributed by atoms with Crippen LogP contribution in [0.5, 0.6) is 0 Å². The van der Waals surface area contributed by atoms with Crippen LogP contribution in [0.1, 0.15) is 124 Å². The smallest absolute Gasteiger partial charge is 0.0656 e. The number of aryl methyl sites for hydroxylation is 4. The predicted octanol–water partition coefficient (Wildman–Crippen LogP) is 8.73. The molecule has 46 heavy (non-hydrogen) atoms. The zero-order valence-electron chi connectivity index (χ0n) is 30.8. The molecule has 0 aliphatic carbocycles. The summed E-state index contributed by atoms with van der Waals surface area (Å²) in [6.07, 6.45) is 11.3. The van der Waals surface area contributed by atoms with Gasteiger partial charge in [-0.1, -0.05) is 92.4 Å². The van der Waals surface area contributed by atoms with Gasteiger partial charge < -0.3 is 29.8 Å². The SMILES string of the molecule is Cc1[c-]nc(C(C)C)cn1.Cc1ccc(C(C)C)cn1.Cc1ccc(C(C)C)nn1.Cc1n[c-]c(C(C)C)cn1.[CH3-].[CH3-].[Y].[Y].[Y].[Y]. The molecular weight excluding hydrogens is 874 g/mol. The quantitative estimate of drug-likeness (QED) is 0.189. The fourth-order valence-electron chi connectivity index (χ4n) is 2.83. The number of hydrogen-bond donors (Lipinski definition) is 0. The summed E-state index contributed by atoms with van der Waals surface area (Å²) in [4.78, 5) is 20.4. The first kappa shape index (κ1) is 59.0. The molecule has 0 atom stereocenters. The van der Waals surface area contributed by atoms with E-state index < -0.39 is 0 Å². The van der Waals surface area contributed by atoms with Gasteiger partial charge in [0.2, 0.25) is 0 Å². The Morgan fingerprint density at radius 2 is 1.07 bits per heavy atom. The standard InChI is InChI=1S/C9H13N.2C8H11N2.C8H12N2.2CH3.4Y/c1-7(2)9-5-4-8(3)10-6-9;1-6(2)8-4-9-7(3)10-5-8;1-6(2)8-5-9-7(3)4-10-8;1-6(2)8-5-4-7(3)9-10-8;;;;;;/h4-7H,1-3H3;4,6H,1-3H3;5-6H,1-3H3;4-6H,1-3H3;2*1H3;;;;/q;2*-1;;2*-1;;;;. The Morgan fingerprint density at radius 3 is 1.41 bits per heavy atom. The van der Waals surface area contributed by atoms with Crippen molar-refractivity contribution in [2.75, 3.05) is 0 Å². The van der Waals surface area contributed by atoms with E-state index in [-0.39, 0.29) is 146 Å². The van der Waals surface area contributed by atoms with Crippen molar-refractivity contribution >= 4 is 0 Å². The van der Waals surface area contributed by atoms with E-state index in [4.69, 9.17) is 0 Å². The van der Waals surface area contributed by atoms with Crippen molar-refractivity contribution in [3.63, 3.8) is 0 Å². The van der Waals surface area contributed by atoms with Gasteiger partial charge in [0.1, 0.15) is 0 Å².